The molecule has 1 amide bonds. The fraction of sp³-hybridized carbons (Fsp3) is 0.588. The smallest absolute Gasteiger partial charge is 0.251 e. The van der Waals surface area contributed by atoms with Crippen LogP contribution in [-0.2, 0) is 11.3 Å². The van der Waals surface area contributed by atoms with Crippen molar-refractivity contribution in [2.45, 2.75) is 45.8 Å². The van der Waals surface area contributed by atoms with Crippen molar-refractivity contribution in [3.63, 3.8) is 0 Å². The van der Waals surface area contributed by atoms with Crippen LogP contribution < -0.4 is 5.32 Å². The first kappa shape index (κ1) is 16.0. The largest absolute Gasteiger partial charge is 0.396 e. The van der Waals surface area contributed by atoms with Crippen LogP contribution in [0.4, 0.5) is 0 Å². The van der Waals surface area contributed by atoms with Crippen molar-refractivity contribution in [3.8, 4) is 0 Å². The van der Waals surface area contributed by atoms with Crippen LogP contribution in [0.3, 0.4) is 0 Å². The van der Waals surface area contributed by atoms with Crippen molar-refractivity contribution in [3.05, 3.63) is 35.4 Å². The zero-order chi connectivity index (χ0) is 15.3. The summed E-state index contributed by atoms with van der Waals surface area (Å²) in [6.07, 6.45) is 3.17. The first-order valence-electron chi connectivity index (χ1n) is 7.64. The molecule has 0 saturated heterocycles. The zero-order valence-corrected chi connectivity index (χ0v) is 12.9. The van der Waals surface area contributed by atoms with Gasteiger partial charge in [0.15, 0.2) is 0 Å². The third-order valence-corrected chi connectivity index (χ3v) is 4.02. The molecule has 2 rings (SSSR count). The molecule has 0 unspecified atom stereocenters. The molecular weight excluding hydrogens is 266 g/mol. The van der Waals surface area contributed by atoms with Gasteiger partial charge in [-0.25, -0.2) is 0 Å². The Bertz CT molecular complexity index is 463. The molecule has 0 aliphatic heterocycles. The number of aliphatic hydroxyl groups excluding tert-OH is 1. The molecule has 4 nitrogen and oxygen atoms in total. The summed E-state index contributed by atoms with van der Waals surface area (Å²) >= 11 is 0. The maximum absolute atomic E-state index is 12.1. The van der Waals surface area contributed by atoms with Gasteiger partial charge in [0.05, 0.1) is 12.7 Å². The van der Waals surface area contributed by atoms with Gasteiger partial charge in [-0.3, -0.25) is 4.79 Å². The molecule has 1 aliphatic carbocycles. The fourth-order valence-corrected chi connectivity index (χ4v) is 2.31. The van der Waals surface area contributed by atoms with Gasteiger partial charge in [-0.05, 0) is 56.2 Å². The molecule has 2 N–H and O–H groups in total. The summed E-state index contributed by atoms with van der Waals surface area (Å²) in [5, 5.41) is 12.0. The van der Waals surface area contributed by atoms with E-state index in [1.54, 1.807) is 0 Å². The van der Waals surface area contributed by atoms with E-state index in [9.17, 15) is 4.79 Å². The number of hydrogen-bond acceptors (Lipinski definition) is 3. The molecule has 21 heavy (non-hydrogen) atoms. The summed E-state index contributed by atoms with van der Waals surface area (Å²) < 4.78 is 5.53. The highest BCUT2D eigenvalue weighted by Crippen LogP contribution is 2.47. The molecular formula is C17H25NO3. The van der Waals surface area contributed by atoms with Crippen LogP contribution in [0.25, 0.3) is 0 Å². The van der Waals surface area contributed by atoms with E-state index in [4.69, 9.17) is 9.84 Å². The first-order valence-corrected chi connectivity index (χ1v) is 7.64. The summed E-state index contributed by atoms with van der Waals surface area (Å²) in [6.45, 7) is 5.42. The molecule has 1 aliphatic rings. The lowest BCUT2D eigenvalue weighted by Gasteiger charge is -2.14. The monoisotopic (exact) mass is 291 g/mol. The third-order valence-electron chi connectivity index (χ3n) is 4.02. The first-order chi connectivity index (χ1) is 10.0. The minimum atomic E-state index is -0.0458. The summed E-state index contributed by atoms with van der Waals surface area (Å²) in [4.78, 5) is 12.1. The van der Waals surface area contributed by atoms with Gasteiger partial charge in [-0.15, -0.1) is 0 Å². The molecule has 0 spiro atoms. The van der Waals surface area contributed by atoms with Gasteiger partial charge in [0, 0.05) is 18.7 Å². The van der Waals surface area contributed by atoms with E-state index in [0.29, 0.717) is 18.7 Å². The van der Waals surface area contributed by atoms with E-state index in [-0.39, 0.29) is 24.0 Å². The second-order valence-corrected chi connectivity index (χ2v) is 6.21. The maximum Gasteiger partial charge on any atom is 0.251 e. The summed E-state index contributed by atoms with van der Waals surface area (Å²) in [6, 6.07) is 7.52. The lowest BCUT2D eigenvalue weighted by Crippen LogP contribution is -2.30. The van der Waals surface area contributed by atoms with E-state index in [2.05, 4.69) is 5.32 Å². The van der Waals surface area contributed by atoms with Gasteiger partial charge in [-0.1, -0.05) is 12.1 Å². The Kier molecular flexibility index (Phi) is 5.37. The number of ether oxygens (including phenoxy) is 1. The van der Waals surface area contributed by atoms with Crippen molar-refractivity contribution in [2.75, 3.05) is 13.2 Å². The van der Waals surface area contributed by atoms with Crippen LogP contribution in [0.2, 0.25) is 0 Å². The maximum atomic E-state index is 12.1. The second-order valence-electron chi connectivity index (χ2n) is 6.21. The zero-order valence-electron chi connectivity index (χ0n) is 12.9. The number of benzene rings is 1. The van der Waals surface area contributed by atoms with E-state index in [1.807, 2.05) is 38.1 Å². The predicted octanol–water partition coefficient (Wildman–Crippen LogP) is 2.50. The van der Waals surface area contributed by atoms with Crippen LogP contribution in [0.15, 0.2) is 24.3 Å². The Labute approximate surface area is 126 Å². The molecule has 0 aromatic heterocycles. The van der Waals surface area contributed by atoms with Crippen molar-refractivity contribution in [1.82, 2.24) is 5.32 Å². The molecule has 0 radical (unpaired) electrons. The lowest BCUT2D eigenvalue weighted by molar-refractivity contribution is 0.0657. The van der Waals surface area contributed by atoms with Gasteiger partial charge in [0.1, 0.15) is 0 Å². The summed E-state index contributed by atoms with van der Waals surface area (Å²) in [5.74, 6) is -0.0458. The standard InChI is InChI=1S/C17H25NO3/c1-13(2)21-11-14-3-5-15(6-4-14)16(20)18-12-17(7-8-17)9-10-19/h3-6,13,19H,7-12H2,1-2H3,(H,18,20). The molecule has 4 heteroatoms. The molecule has 1 saturated carbocycles. The van der Waals surface area contributed by atoms with Crippen LogP contribution >= 0.6 is 0 Å². The quantitative estimate of drug-likeness (QED) is 0.773. The van der Waals surface area contributed by atoms with Gasteiger partial charge in [0.25, 0.3) is 5.91 Å². The Morgan fingerprint density at radius 3 is 2.52 bits per heavy atom. The van der Waals surface area contributed by atoms with E-state index < -0.39 is 0 Å². The highest BCUT2D eigenvalue weighted by atomic mass is 16.5. The Balaban J connectivity index is 1.82. The average molecular weight is 291 g/mol. The molecule has 1 fully saturated rings. The minimum absolute atomic E-state index is 0.0458. The molecule has 116 valence electrons. The van der Waals surface area contributed by atoms with Crippen LogP contribution in [0, 0.1) is 5.41 Å². The SMILES string of the molecule is CC(C)OCc1ccc(C(=O)NCC2(CCO)CC2)cc1. The van der Waals surface area contributed by atoms with Crippen molar-refractivity contribution in [1.29, 1.82) is 0 Å². The van der Waals surface area contributed by atoms with Gasteiger partial charge >= 0.3 is 0 Å². The number of aliphatic hydroxyl groups is 1. The number of carbonyl (C=O) groups excluding carboxylic acids is 1. The third kappa shape index (κ3) is 4.83. The highest BCUT2D eigenvalue weighted by Gasteiger charge is 2.41. The van der Waals surface area contributed by atoms with E-state index in [0.717, 1.165) is 24.8 Å². The average Bonchev–Trinajstić information content (AvgIpc) is 3.24. The normalized spacial score (nSPS) is 16.0. The highest BCUT2D eigenvalue weighted by molar-refractivity contribution is 5.94. The Morgan fingerprint density at radius 1 is 1.33 bits per heavy atom. The number of amides is 1. The van der Waals surface area contributed by atoms with E-state index in [1.165, 1.54) is 0 Å². The van der Waals surface area contributed by atoms with Crippen LogP contribution in [0.1, 0.15) is 49.0 Å². The minimum Gasteiger partial charge on any atom is -0.396 e. The molecule has 0 bridgehead atoms. The molecule has 0 atom stereocenters. The van der Waals surface area contributed by atoms with Crippen molar-refractivity contribution >= 4 is 5.91 Å². The van der Waals surface area contributed by atoms with Gasteiger partial charge in [0.2, 0.25) is 0 Å². The number of nitrogens with one attached hydrogen (secondary N) is 1. The van der Waals surface area contributed by atoms with Gasteiger partial charge in [-0.2, -0.15) is 0 Å². The fourth-order valence-electron chi connectivity index (χ4n) is 2.31. The topological polar surface area (TPSA) is 58.6 Å². The van der Waals surface area contributed by atoms with E-state index >= 15 is 0 Å². The Hall–Kier alpha value is -1.39. The summed E-state index contributed by atoms with van der Waals surface area (Å²) in [5.41, 5.74) is 1.89. The van der Waals surface area contributed by atoms with Crippen LogP contribution in [-0.4, -0.2) is 30.3 Å². The number of rotatable bonds is 8. The molecule has 0 heterocycles. The van der Waals surface area contributed by atoms with Crippen LogP contribution in [0.5, 0.6) is 0 Å². The van der Waals surface area contributed by atoms with Gasteiger partial charge < -0.3 is 15.2 Å². The lowest BCUT2D eigenvalue weighted by atomic mass is 10.0. The predicted molar refractivity (Wildman–Crippen MR) is 82.1 cm³/mol. The second kappa shape index (κ2) is 7.05. The number of carbonyl (C=O) groups is 1. The molecule has 1 aromatic rings. The summed E-state index contributed by atoms with van der Waals surface area (Å²) in [7, 11) is 0. The van der Waals surface area contributed by atoms with Crippen molar-refractivity contribution in [2.24, 2.45) is 5.41 Å². The number of hydrogen-bond donors (Lipinski definition) is 2. The molecule has 1 aromatic carbocycles. The van der Waals surface area contributed by atoms with Crippen molar-refractivity contribution < 1.29 is 14.6 Å². The Morgan fingerprint density at radius 2 is 2.00 bits per heavy atom.